The number of anilines is 1. The first-order chi connectivity index (χ1) is 11.5. The minimum absolute atomic E-state index is 0.0989. The average molecular weight is 338 g/mol. The first-order valence-corrected chi connectivity index (χ1v) is 7.56. The monoisotopic (exact) mass is 338 g/mol. The number of nitrogens with zero attached hydrogens (tertiary/aromatic N) is 1. The summed E-state index contributed by atoms with van der Waals surface area (Å²) in [6.45, 7) is 2.13. The van der Waals surface area contributed by atoms with Gasteiger partial charge in [-0.15, -0.1) is 0 Å². The molecule has 1 amide bonds. The first kappa shape index (κ1) is 17.8. The van der Waals surface area contributed by atoms with Crippen LogP contribution < -0.4 is 10.2 Å². The molecule has 9 heteroatoms. The van der Waals surface area contributed by atoms with Crippen LogP contribution in [-0.4, -0.2) is 56.3 Å². The lowest BCUT2D eigenvalue weighted by Gasteiger charge is -2.30. The number of nitro groups is 1. The number of ether oxygens (including phenoxy) is 2. The fourth-order valence-electron chi connectivity index (χ4n) is 2.61. The van der Waals surface area contributed by atoms with Crippen molar-refractivity contribution >= 4 is 23.3 Å². The predicted octanol–water partition coefficient (Wildman–Crippen LogP) is -0.620. The van der Waals surface area contributed by atoms with Crippen LogP contribution in [0.25, 0.3) is 0 Å². The smallest absolute Gasteiger partial charge is 0.312 e. The molecule has 24 heavy (non-hydrogen) atoms. The molecule has 0 spiro atoms. The third kappa shape index (κ3) is 4.49. The van der Waals surface area contributed by atoms with Gasteiger partial charge in [-0.3, -0.25) is 19.7 Å². The van der Waals surface area contributed by atoms with Crippen LogP contribution in [0, 0.1) is 10.1 Å². The van der Waals surface area contributed by atoms with E-state index in [1.165, 1.54) is 25.3 Å². The van der Waals surface area contributed by atoms with Gasteiger partial charge in [0.15, 0.2) is 6.04 Å². The lowest BCUT2D eigenvalue weighted by molar-refractivity contribution is -0.922. The van der Waals surface area contributed by atoms with E-state index in [0.717, 1.165) is 4.90 Å². The van der Waals surface area contributed by atoms with E-state index in [-0.39, 0.29) is 17.8 Å². The van der Waals surface area contributed by atoms with Gasteiger partial charge in [-0.25, -0.2) is 0 Å². The van der Waals surface area contributed by atoms with Crippen molar-refractivity contribution in [2.45, 2.75) is 12.5 Å². The molecule has 1 aromatic carbocycles. The summed E-state index contributed by atoms with van der Waals surface area (Å²) in [6.07, 6.45) is -0.0989. The quantitative estimate of drug-likeness (QED) is 0.406. The van der Waals surface area contributed by atoms with Gasteiger partial charge in [0, 0.05) is 6.07 Å². The molecule has 1 atom stereocenters. The highest BCUT2D eigenvalue weighted by molar-refractivity contribution is 5.97. The Morgan fingerprint density at radius 3 is 2.67 bits per heavy atom. The molecule has 0 bridgehead atoms. The fourth-order valence-corrected chi connectivity index (χ4v) is 2.61. The average Bonchev–Trinajstić information content (AvgIpc) is 2.60. The highest BCUT2D eigenvalue weighted by Gasteiger charge is 2.34. The number of quaternary nitrogens is 1. The van der Waals surface area contributed by atoms with Crippen LogP contribution in [0.1, 0.15) is 6.42 Å². The molecule has 1 aliphatic rings. The number of methoxy groups -OCH3 is 1. The van der Waals surface area contributed by atoms with Crippen LogP contribution in [0.5, 0.6) is 0 Å². The Bertz CT molecular complexity index is 615. The molecule has 0 aliphatic carbocycles. The molecule has 1 fully saturated rings. The summed E-state index contributed by atoms with van der Waals surface area (Å²) in [5, 5.41) is 13.6. The van der Waals surface area contributed by atoms with Crippen molar-refractivity contribution in [1.82, 2.24) is 0 Å². The maximum atomic E-state index is 12.6. The van der Waals surface area contributed by atoms with Gasteiger partial charge in [-0.2, -0.15) is 0 Å². The summed E-state index contributed by atoms with van der Waals surface area (Å²) < 4.78 is 9.93. The van der Waals surface area contributed by atoms with E-state index < -0.39 is 22.8 Å². The molecule has 0 radical (unpaired) electrons. The number of carbonyl (C=O) groups excluding carboxylic acids is 2. The molecule has 1 heterocycles. The lowest BCUT2D eigenvalue weighted by Crippen LogP contribution is -3.19. The Balaban J connectivity index is 2.17. The van der Waals surface area contributed by atoms with Crippen molar-refractivity contribution in [3.8, 4) is 0 Å². The second-order valence-corrected chi connectivity index (χ2v) is 5.37. The van der Waals surface area contributed by atoms with Gasteiger partial charge < -0.3 is 19.7 Å². The number of amides is 1. The number of esters is 1. The molecule has 2 N–H and O–H groups in total. The summed E-state index contributed by atoms with van der Waals surface area (Å²) >= 11 is 0. The number of para-hydroxylation sites is 2. The zero-order valence-electron chi connectivity index (χ0n) is 13.3. The van der Waals surface area contributed by atoms with Crippen LogP contribution in [-0.2, 0) is 19.1 Å². The first-order valence-electron chi connectivity index (χ1n) is 7.56. The standard InChI is InChI=1S/C15H19N3O6/c1-23-14(19)10-13(17-6-8-24-9-7-17)15(20)16-11-4-2-3-5-12(11)18(21)22/h2-5,13H,6-10H2,1H3,(H,16,20)/p+1/t13-/m1/s1. The number of nitrogens with one attached hydrogen (secondary N) is 2. The minimum atomic E-state index is -0.693. The van der Waals surface area contributed by atoms with Crippen molar-refractivity contribution in [1.29, 1.82) is 0 Å². The maximum Gasteiger partial charge on any atom is 0.312 e. The molecule has 1 aliphatic heterocycles. The van der Waals surface area contributed by atoms with Gasteiger partial charge in [-0.1, -0.05) is 12.1 Å². The number of rotatable bonds is 6. The van der Waals surface area contributed by atoms with Crippen molar-refractivity contribution < 1.29 is 28.9 Å². The largest absolute Gasteiger partial charge is 0.469 e. The van der Waals surface area contributed by atoms with E-state index in [4.69, 9.17) is 4.74 Å². The van der Waals surface area contributed by atoms with Gasteiger partial charge in [0.25, 0.3) is 11.6 Å². The van der Waals surface area contributed by atoms with Gasteiger partial charge >= 0.3 is 5.97 Å². The molecule has 9 nitrogen and oxygen atoms in total. The molecule has 130 valence electrons. The fraction of sp³-hybridized carbons (Fsp3) is 0.467. The van der Waals surface area contributed by atoms with E-state index in [9.17, 15) is 19.7 Å². The topological polar surface area (TPSA) is 112 Å². The number of morpholine rings is 1. The van der Waals surface area contributed by atoms with Gasteiger partial charge in [0.1, 0.15) is 25.2 Å². The molecule has 0 saturated carbocycles. The third-order valence-corrected chi connectivity index (χ3v) is 3.90. The van der Waals surface area contributed by atoms with Crippen LogP contribution in [0.15, 0.2) is 24.3 Å². The molecule has 1 aromatic rings. The zero-order valence-corrected chi connectivity index (χ0v) is 13.3. The predicted molar refractivity (Wildman–Crippen MR) is 83.7 cm³/mol. The highest BCUT2D eigenvalue weighted by atomic mass is 16.6. The Morgan fingerprint density at radius 2 is 2.04 bits per heavy atom. The highest BCUT2D eigenvalue weighted by Crippen LogP contribution is 2.23. The van der Waals surface area contributed by atoms with Crippen LogP contribution in [0.4, 0.5) is 11.4 Å². The second-order valence-electron chi connectivity index (χ2n) is 5.37. The Hall–Kier alpha value is -2.52. The minimum Gasteiger partial charge on any atom is -0.469 e. The van der Waals surface area contributed by atoms with Crippen LogP contribution in [0.2, 0.25) is 0 Å². The second kappa shape index (κ2) is 8.37. The zero-order chi connectivity index (χ0) is 17.5. The number of hydrogen-bond acceptors (Lipinski definition) is 6. The summed E-state index contributed by atoms with van der Waals surface area (Å²) in [5.41, 5.74) is -0.0883. The van der Waals surface area contributed by atoms with E-state index in [2.05, 4.69) is 10.1 Å². The van der Waals surface area contributed by atoms with Crippen LogP contribution in [0.3, 0.4) is 0 Å². The number of hydrogen-bond donors (Lipinski definition) is 2. The summed E-state index contributed by atoms with van der Waals surface area (Å²) in [5.74, 6) is -0.955. The summed E-state index contributed by atoms with van der Waals surface area (Å²) in [6, 6.07) is 5.19. The summed E-state index contributed by atoms with van der Waals surface area (Å²) in [4.78, 5) is 35.7. The van der Waals surface area contributed by atoms with Gasteiger partial charge in [0.2, 0.25) is 0 Å². The molecule has 0 aromatic heterocycles. The normalized spacial score (nSPS) is 16.2. The number of nitro benzene ring substituents is 1. The molecule has 1 saturated heterocycles. The van der Waals surface area contributed by atoms with E-state index >= 15 is 0 Å². The van der Waals surface area contributed by atoms with E-state index in [0.29, 0.717) is 26.3 Å². The molecular formula is C15H20N3O6+. The van der Waals surface area contributed by atoms with E-state index in [1.54, 1.807) is 6.07 Å². The van der Waals surface area contributed by atoms with Crippen molar-refractivity contribution in [3.63, 3.8) is 0 Å². The third-order valence-electron chi connectivity index (χ3n) is 3.90. The van der Waals surface area contributed by atoms with E-state index in [1.807, 2.05) is 0 Å². The van der Waals surface area contributed by atoms with Crippen molar-refractivity contribution in [2.24, 2.45) is 0 Å². The summed E-state index contributed by atoms with van der Waals surface area (Å²) in [7, 11) is 1.26. The molecule has 2 rings (SSSR count). The Morgan fingerprint density at radius 1 is 1.38 bits per heavy atom. The van der Waals surface area contributed by atoms with Crippen LogP contribution >= 0.6 is 0 Å². The Kier molecular flexibility index (Phi) is 6.21. The SMILES string of the molecule is COC(=O)C[C@H](C(=O)Nc1ccccc1[N+](=O)[O-])[NH+]1CCOCC1. The Labute approximate surface area is 138 Å². The maximum absolute atomic E-state index is 12.6. The van der Waals surface area contributed by atoms with Crippen molar-refractivity contribution in [3.05, 3.63) is 34.4 Å². The molecular weight excluding hydrogens is 318 g/mol. The van der Waals surface area contributed by atoms with Gasteiger partial charge in [0.05, 0.1) is 25.2 Å². The number of benzene rings is 1. The molecule has 0 unspecified atom stereocenters. The van der Waals surface area contributed by atoms with Gasteiger partial charge in [-0.05, 0) is 6.07 Å². The lowest BCUT2D eigenvalue weighted by atomic mass is 10.1. The number of carbonyl (C=O) groups is 2. The van der Waals surface area contributed by atoms with Crippen molar-refractivity contribution in [2.75, 3.05) is 38.7 Å².